The molecule has 3 heterocycles. The molecule has 0 fully saturated rings. The lowest BCUT2D eigenvalue weighted by molar-refractivity contribution is -0.566. The molecule has 0 aliphatic carbocycles. The van der Waals surface area contributed by atoms with Gasteiger partial charge in [0.05, 0.1) is 36.2 Å². The number of hydrogen-bond donors (Lipinski definition) is 6. The normalized spacial score (nSPS) is 12.1. The van der Waals surface area contributed by atoms with E-state index in [0.29, 0.717) is 55.9 Å². The largest absolute Gasteiger partial charge is 0.507 e. The van der Waals surface area contributed by atoms with Crippen LogP contribution in [0.2, 0.25) is 0 Å². The lowest BCUT2D eigenvalue weighted by atomic mass is 9.94. The Kier molecular flexibility index (Phi) is 12.0. The molecule has 12 nitrogen and oxygen atoms in total. The molecular weight excluding hydrogens is 871 g/mol. The van der Waals surface area contributed by atoms with Crippen molar-refractivity contribution in [2.75, 3.05) is 13.7 Å². The lowest BCUT2D eigenvalue weighted by Gasteiger charge is -2.21. The van der Waals surface area contributed by atoms with Crippen LogP contribution in [-0.4, -0.2) is 60.3 Å². The van der Waals surface area contributed by atoms with Crippen LogP contribution in [0.5, 0.6) is 40.4 Å². The summed E-state index contributed by atoms with van der Waals surface area (Å²) in [5.41, 5.74) is 9.10. The average molecular weight is 923 g/mol. The maximum Gasteiger partial charge on any atom is 0.354 e. The average Bonchev–Trinajstić information content (AvgIpc) is 3.30. The van der Waals surface area contributed by atoms with E-state index in [9.17, 15) is 35.4 Å². The number of carboxylic acid groups (broad SMARTS) is 1. The summed E-state index contributed by atoms with van der Waals surface area (Å²) in [4.78, 5) is 20.8. The van der Waals surface area contributed by atoms with Crippen molar-refractivity contribution < 1.29 is 49.5 Å². The maximum atomic E-state index is 11.7. The van der Waals surface area contributed by atoms with E-state index in [-0.39, 0.29) is 58.4 Å². The van der Waals surface area contributed by atoms with E-state index in [1.807, 2.05) is 90.1 Å². The molecule has 1 unspecified atom stereocenters. The first-order chi connectivity index (χ1) is 33.0. The van der Waals surface area contributed by atoms with Gasteiger partial charge in [-0.1, -0.05) is 65.0 Å². The fraction of sp³-hybridized carbons (Fsp3) is 0.193. The highest BCUT2D eigenvalue weighted by atomic mass is 16.5. The van der Waals surface area contributed by atoms with Crippen molar-refractivity contribution in [1.29, 1.82) is 0 Å². The monoisotopic (exact) mass is 922 g/mol. The molecule has 0 radical (unpaired) electrons. The lowest BCUT2D eigenvalue weighted by Crippen LogP contribution is -2.32. The first-order valence-corrected chi connectivity index (χ1v) is 22.7. The summed E-state index contributed by atoms with van der Waals surface area (Å²) in [6.07, 6.45) is 2.06. The van der Waals surface area contributed by atoms with Gasteiger partial charge in [-0.2, -0.15) is 4.57 Å². The predicted octanol–water partition coefficient (Wildman–Crippen LogP) is 12.2. The van der Waals surface area contributed by atoms with Gasteiger partial charge in [-0.05, 0) is 119 Å². The van der Waals surface area contributed by atoms with Crippen LogP contribution in [0.4, 0.5) is 0 Å². The number of pyridine rings is 3. The number of nitrogens with zero attached hydrogens (tertiary/aromatic N) is 3. The summed E-state index contributed by atoms with van der Waals surface area (Å²) in [6.45, 7) is 11.7. The van der Waals surface area contributed by atoms with E-state index in [1.165, 1.54) is 18.2 Å². The van der Waals surface area contributed by atoms with Crippen molar-refractivity contribution >= 4 is 38.7 Å². The Morgan fingerprint density at radius 2 is 1.25 bits per heavy atom. The Hall–Kier alpha value is -8.38. The van der Waals surface area contributed by atoms with E-state index in [1.54, 1.807) is 43.5 Å². The number of methoxy groups -OCH3 is 1. The highest BCUT2D eigenvalue weighted by molar-refractivity contribution is 5.97. The number of aryl methyl sites for hydroxylation is 1. The molecule has 6 aromatic carbocycles. The highest BCUT2D eigenvalue weighted by Crippen LogP contribution is 2.44. The summed E-state index contributed by atoms with van der Waals surface area (Å²) in [5, 5.41) is 67.9. The van der Waals surface area contributed by atoms with E-state index < -0.39 is 11.9 Å². The Balaban J connectivity index is 1.04. The van der Waals surface area contributed by atoms with Crippen molar-refractivity contribution in [3.05, 3.63) is 149 Å². The predicted molar refractivity (Wildman–Crippen MR) is 267 cm³/mol. The van der Waals surface area contributed by atoms with Crippen LogP contribution in [0.25, 0.3) is 71.8 Å². The summed E-state index contributed by atoms with van der Waals surface area (Å²) >= 11 is 0. The molecule has 0 aliphatic heterocycles. The third-order valence-electron chi connectivity index (χ3n) is 12.7. The number of hydrogen-bond acceptors (Lipinski definition) is 10. The molecule has 0 amide bonds. The van der Waals surface area contributed by atoms with Gasteiger partial charge in [0.1, 0.15) is 40.2 Å². The van der Waals surface area contributed by atoms with Crippen LogP contribution in [0.3, 0.4) is 0 Å². The number of aromatic hydroxyl groups is 5. The standard InChI is InChI=1S/C57H51N3O9/c1-29(2)53-46(61)20-36(21-47(53)62)35-11-14-41-43(19-35)58-52(68-7)26-45(41)60-27-31(5)17-39-18-34(13-16-44(39)60)37-22-48(63)54(30(3)4)51(25-37)69-28-32(6)55-49(64)23-38(24-50(55)65)40-10-8-9-33-12-15-42(57(66)67)59-56(33)40/h8-27,29-30,32H,28H2,1-7H3,(H5-,61,62,63,64,65,66,67)/p+1. The van der Waals surface area contributed by atoms with Gasteiger partial charge in [0.25, 0.3) is 0 Å². The first-order valence-electron chi connectivity index (χ1n) is 22.7. The number of ether oxygens (including phenoxy) is 2. The van der Waals surface area contributed by atoms with Crippen LogP contribution < -0.4 is 14.0 Å². The quantitative estimate of drug-likeness (QED) is 0.0640. The highest BCUT2D eigenvalue weighted by Gasteiger charge is 2.25. The number of para-hydroxylation sites is 1. The Morgan fingerprint density at radius 1 is 0.623 bits per heavy atom. The fourth-order valence-corrected chi connectivity index (χ4v) is 9.43. The number of benzene rings is 6. The number of carboxylic acids is 1. The van der Waals surface area contributed by atoms with Gasteiger partial charge in [-0.3, -0.25) is 0 Å². The Morgan fingerprint density at radius 3 is 1.91 bits per heavy atom. The summed E-state index contributed by atoms with van der Waals surface area (Å²) < 4.78 is 14.3. The zero-order valence-corrected chi connectivity index (χ0v) is 39.2. The van der Waals surface area contributed by atoms with Gasteiger partial charge < -0.3 is 40.1 Å². The van der Waals surface area contributed by atoms with Gasteiger partial charge in [0.2, 0.25) is 17.1 Å². The van der Waals surface area contributed by atoms with E-state index >= 15 is 0 Å². The van der Waals surface area contributed by atoms with Crippen molar-refractivity contribution in [1.82, 2.24) is 9.97 Å². The molecule has 12 heteroatoms. The number of rotatable bonds is 12. The van der Waals surface area contributed by atoms with E-state index in [2.05, 4.69) is 27.9 Å². The second-order valence-electron chi connectivity index (χ2n) is 18.2. The Labute approximate surface area is 398 Å². The summed E-state index contributed by atoms with van der Waals surface area (Å²) in [7, 11) is 1.57. The number of phenols is 5. The minimum absolute atomic E-state index is 0.0314. The van der Waals surface area contributed by atoms with Gasteiger partial charge in [0, 0.05) is 50.6 Å². The molecule has 9 aromatic rings. The maximum absolute atomic E-state index is 11.7. The van der Waals surface area contributed by atoms with Crippen LogP contribution >= 0.6 is 0 Å². The first kappa shape index (κ1) is 45.8. The topological polar surface area (TPSA) is 187 Å². The van der Waals surface area contributed by atoms with Gasteiger partial charge in [-0.15, -0.1) is 0 Å². The third kappa shape index (κ3) is 8.61. The minimum Gasteiger partial charge on any atom is -0.507 e. The molecule has 9 rings (SSSR count). The zero-order chi connectivity index (χ0) is 49.0. The molecule has 6 N–H and O–H groups in total. The number of phenolic OH excluding ortho intramolecular Hbond substituents is 5. The summed E-state index contributed by atoms with van der Waals surface area (Å²) in [6, 6.07) is 34.5. The number of carbonyl (C=O) groups is 1. The molecule has 348 valence electrons. The molecule has 0 spiro atoms. The fourth-order valence-electron chi connectivity index (χ4n) is 9.43. The van der Waals surface area contributed by atoms with Crippen LogP contribution in [-0.2, 0) is 0 Å². The molecular formula is C57H52N3O9+. The van der Waals surface area contributed by atoms with E-state index in [4.69, 9.17) is 14.5 Å². The second kappa shape index (κ2) is 18.0. The number of aromatic nitrogens is 3. The van der Waals surface area contributed by atoms with Gasteiger partial charge in [0.15, 0.2) is 6.20 Å². The SMILES string of the molecule is COc1cc(-[n+]2cc(C)cc3cc(-c4cc(O)c(C(C)C)c(OCC(C)c5c(O)cc(-c6cccc7ccc(C(=O)O)nc67)cc5O)c4)ccc32)c2ccc(-c3cc(O)c(C(C)C)c(O)c3)cc2n1. The summed E-state index contributed by atoms with van der Waals surface area (Å²) in [5.74, 6) is -1.12. The second-order valence-corrected chi connectivity index (χ2v) is 18.2. The minimum atomic E-state index is -1.16. The molecule has 0 aliphatic rings. The van der Waals surface area contributed by atoms with Crippen molar-refractivity contribution in [2.45, 2.75) is 59.3 Å². The molecule has 69 heavy (non-hydrogen) atoms. The van der Waals surface area contributed by atoms with Crippen molar-refractivity contribution in [3.63, 3.8) is 0 Å². The Bertz CT molecular complexity index is 3480. The van der Waals surface area contributed by atoms with Gasteiger partial charge in [-0.25, -0.2) is 14.8 Å². The zero-order valence-electron chi connectivity index (χ0n) is 39.2. The number of fused-ring (bicyclic) bond motifs is 3. The molecule has 0 saturated heterocycles. The molecule has 1 atom stereocenters. The van der Waals surface area contributed by atoms with Crippen molar-refractivity contribution in [2.24, 2.45) is 0 Å². The number of aromatic carboxylic acids is 1. The smallest absolute Gasteiger partial charge is 0.354 e. The molecule has 0 bridgehead atoms. The van der Waals surface area contributed by atoms with Gasteiger partial charge >= 0.3 is 5.97 Å². The molecule has 3 aromatic heterocycles. The van der Waals surface area contributed by atoms with E-state index in [0.717, 1.165) is 44.2 Å². The van der Waals surface area contributed by atoms with Crippen molar-refractivity contribution in [3.8, 4) is 79.4 Å². The van der Waals surface area contributed by atoms with Crippen LogP contribution in [0.15, 0.2) is 121 Å². The molecule has 0 saturated carbocycles. The third-order valence-corrected chi connectivity index (χ3v) is 12.7. The van der Waals surface area contributed by atoms with Crippen LogP contribution in [0.1, 0.15) is 85.1 Å². The van der Waals surface area contributed by atoms with Crippen LogP contribution in [0, 0.1) is 6.92 Å².